The van der Waals surface area contributed by atoms with Crippen molar-refractivity contribution < 1.29 is 87.0 Å². The molecule has 0 saturated heterocycles. The Bertz CT molecular complexity index is 899. The van der Waals surface area contributed by atoms with E-state index in [1.807, 2.05) is 0 Å². The van der Waals surface area contributed by atoms with Crippen LogP contribution in [0.1, 0.15) is 0 Å². The maximum Gasteiger partial charge on any atom is 1.00 e. The van der Waals surface area contributed by atoms with Crippen LogP contribution in [0.2, 0.25) is 0 Å². The third-order valence-electron chi connectivity index (χ3n) is 2.70. The monoisotopic (exact) mass is 358 g/mol. The Morgan fingerprint density at radius 3 is 1.83 bits per heavy atom. The first kappa shape index (κ1) is 22.2. The number of nitro groups is 2. The molecule has 0 unspecified atom stereocenters. The third kappa shape index (κ3) is 4.39. The topological polar surface area (TPSA) is 167 Å². The first-order valence-corrected chi connectivity index (χ1v) is 6.56. The minimum atomic E-state index is -4.91. The summed E-state index contributed by atoms with van der Waals surface area (Å²) in [7, 11) is -4.91. The summed E-state index contributed by atoms with van der Waals surface area (Å²) in [6.45, 7) is 0. The second-order valence-corrected chi connectivity index (χ2v) is 5.30. The van der Waals surface area contributed by atoms with Crippen LogP contribution in [-0.4, -0.2) is 22.8 Å². The molecule has 0 aliphatic carbocycles. The molecule has 0 aliphatic heterocycles. The van der Waals surface area contributed by atoms with Gasteiger partial charge in [-0.15, -0.1) is 0 Å². The molecule has 0 fully saturated rings. The molecule has 0 radical (unpaired) electrons. The van der Waals surface area contributed by atoms with Crippen LogP contribution in [-0.2, 0) is 10.1 Å². The van der Waals surface area contributed by atoms with E-state index in [4.69, 9.17) is 0 Å². The van der Waals surface area contributed by atoms with Crippen LogP contribution in [0.25, 0.3) is 10.8 Å². The molecule has 0 saturated carbocycles. The van der Waals surface area contributed by atoms with Gasteiger partial charge in [0, 0.05) is 0 Å². The van der Waals surface area contributed by atoms with E-state index in [2.05, 4.69) is 0 Å². The van der Waals surface area contributed by atoms with E-state index < -0.39 is 47.4 Å². The van der Waals surface area contributed by atoms with E-state index in [-0.39, 0.29) is 64.5 Å². The van der Waals surface area contributed by atoms with Gasteiger partial charge in [-0.05, 0) is 29.3 Å². The van der Waals surface area contributed by atoms with Crippen LogP contribution >= 0.6 is 0 Å². The average Bonchev–Trinajstić information content (AvgIpc) is 2.36. The summed E-state index contributed by atoms with van der Waals surface area (Å²) in [5.41, 5.74) is -1.80. The van der Waals surface area contributed by atoms with Crippen LogP contribution in [0.5, 0.6) is 5.75 Å². The van der Waals surface area contributed by atoms with Gasteiger partial charge in [0.1, 0.15) is 10.1 Å². The fourth-order valence-electron chi connectivity index (χ4n) is 1.79. The van der Waals surface area contributed by atoms with Gasteiger partial charge in [-0.1, -0.05) is 0 Å². The van der Waals surface area contributed by atoms with E-state index in [0.29, 0.717) is 12.1 Å². The molecule has 2 rings (SSSR count). The molecule has 0 atom stereocenters. The predicted octanol–water partition coefficient (Wildman–Crippen LogP) is -5.36. The van der Waals surface area contributed by atoms with E-state index in [1.165, 1.54) is 0 Å². The maximum absolute atomic E-state index is 11.9. The largest absolute Gasteiger partial charge is 1.00 e. The zero-order valence-corrected chi connectivity index (χ0v) is 16.7. The minimum absolute atomic E-state index is 0. The molecule has 0 heterocycles. The molecule has 13 heteroatoms. The number of rotatable bonds is 3. The van der Waals surface area contributed by atoms with Crippen molar-refractivity contribution in [3.63, 3.8) is 0 Å². The maximum atomic E-state index is 11.9. The molecular formula is C10H4N2Na2O8S. The summed E-state index contributed by atoms with van der Waals surface area (Å²) in [5, 5.41) is 32.6. The van der Waals surface area contributed by atoms with Gasteiger partial charge in [0.2, 0.25) is 0 Å². The minimum Gasteiger partial charge on any atom is -0.867 e. The Hall–Kier alpha value is -0.790. The number of fused-ring (bicyclic) bond motifs is 1. The van der Waals surface area contributed by atoms with E-state index in [0.717, 1.165) is 12.1 Å². The normalized spacial score (nSPS) is 10.5. The van der Waals surface area contributed by atoms with Gasteiger partial charge in [0.15, 0.2) is 0 Å². The van der Waals surface area contributed by atoms with Crippen molar-refractivity contribution in [3.05, 3.63) is 44.5 Å². The van der Waals surface area contributed by atoms with Crippen molar-refractivity contribution in [2.24, 2.45) is 0 Å². The van der Waals surface area contributed by atoms with Crippen LogP contribution in [0, 0.1) is 20.2 Å². The molecule has 2 aromatic rings. The van der Waals surface area contributed by atoms with Crippen molar-refractivity contribution in [1.29, 1.82) is 0 Å². The quantitative estimate of drug-likeness (QED) is 0.227. The molecule has 0 spiro atoms. The molecule has 0 amide bonds. The first-order valence-electron chi connectivity index (χ1n) is 5.15. The zero-order chi connectivity index (χ0) is 15.9. The van der Waals surface area contributed by atoms with Gasteiger partial charge in [-0.3, -0.25) is 20.2 Å². The Morgan fingerprint density at radius 1 is 0.870 bits per heavy atom. The fraction of sp³-hybridized carbons (Fsp3) is 0. The number of hydrogen-bond donors (Lipinski definition) is 0. The van der Waals surface area contributed by atoms with Gasteiger partial charge in [-0.2, -0.15) is 0 Å². The fourth-order valence-corrected chi connectivity index (χ4v) is 2.28. The number of hydrogen-bond acceptors (Lipinski definition) is 8. The van der Waals surface area contributed by atoms with Crippen LogP contribution < -0.4 is 64.2 Å². The summed E-state index contributed by atoms with van der Waals surface area (Å²) < 4.78 is 32.7. The summed E-state index contributed by atoms with van der Waals surface area (Å²) >= 11 is 0. The van der Waals surface area contributed by atoms with Gasteiger partial charge < -0.3 is 9.66 Å². The Morgan fingerprint density at radius 2 is 1.39 bits per heavy atom. The second kappa shape index (κ2) is 7.85. The standard InChI is InChI=1S/C10H6N2O8S.2Na/c13-10-7-3-5(21(18,19)20)1-2-6(7)8(11(14)15)4-9(10)12(16)17;;/h1-4,13H,(H,18,19,20);;/q;2*+1/p-2. The molecule has 2 aromatic carbocycles. The van der Waals surface area contributed by atoms with Gasteiger partial charge in [-0.25, -0.2) is 8.42 Å². The summed E-state index contributed by atoms with van der Waals surface area (Å²) in [4.78, 5) is 18.7. The van der Waals surface area contributed by atoms with E-state index in [9.17, 15) is 38.3 Å². The van der Waals surface area contributed by atoms with Crippen molar-refractivity contribution >= 4 is 32.3 Å². The smallest absolute Gasteiger partial charge is 0.867 e. The van der Waals surface area contributed by atoms with Gasteiger partial charge >= 0.3 is 59.1 Å². The van der Waals surface area contributed by atoms with Gasteiger partial charge in [0.25, 0.3) is 11.4 Å². The van der Waals surface area contributed by atoms with Crippen molar-refractivity contribution in [2.45, 2.75) is 4.90 Å². The number of nitrogens with zero attached hydrogens (tertiary/aromatic N) is 2. The Balaban J connectivity index is 0.00000242. The molecule has 23 heavy (non-hydrogen) atoms. The van der Waals surface area contributed by atoms with Crippen molar-refractivity contribution in [1.82, 2.24) is 0 Å². The number of benzene rings is 2. The average molecular weight is 358 g/mol. The molecule has 0 aliphatic rings. The Labute approximate surface area is 173 Å². The van der Waals surface area contributed by atoms with Crippen molar-refractivity contribution in [2.75, 3.05) is 0 Å². The van der Waals surface area contributed by atoms with Crippen molar-refractivity contribution in [3.8, 4) is 5.75 Å². The predicted molar refractivity (Wildman–Crippen MR) is 64.7 cm³/mol. The second-order valence-electron chi connectivity index (χ2n) is 3.92. The number of non-ortho nitro benzene ring substituents is 1. The van der Waals surface area contributed by atoms with E-state index >= 15 is 0 Å². The molecule has 10 nitrogen and oxygen atoms in total. The van der Waals surface area contributed by atoms with Crippen LogP contribution in [0.4, 0.5) is 11.4 Å². The third-order valence-corrected chi connectivity index (χ3v) is 3.53. The van der Waals surface area contributed by atoms with Crippen LogP contribution in [0.15, 0.2) is 29.2 Å². The summed E-state index contributed by atoms with van der Waals surface area (Å²) in [5.74, 6) is -1.20. The zero-order valence-electron chi connectivity index (χ0n) is 11.9. The molecular weight excluding hydrogens is 354 g/mol. The summed E-state index contributed by atoms with van der Waals surface area (Å²) in [6, 6.07) is 2.78. The van der Waals surface area contributed by atoms with Gasteiger partial charge in [0.05, 0.1) is 26.2 Å². The van der Waals surface area contributed by atoms with E-state index in [1.54, 1.807) is 0 Å². The molecule has 0 bridgehead atoms. The Kier molecular flexibility index (Phi) is 7.59. The first-order chi connectivity index (χ1) is 9.62. The number of nitro benzene ring substituents is 2. The molecule has 110 valence electrons. The van der Waals surface area contributed by atoms with Crippen LogP contribution in [0.3, 0.4) is 0 Å². The molecule has 0 aromatic heterocycles. The SMILES string of the molecule is O=[N+]([O-])c1cc([N+](=O)[O-])c2ccc(S(=O)(=O)[O-])cc2c1[O-].[Na+].[Na+]. The summed E-state index contributed by atoms with van der Waals surface area (Å²) in [6.07, 6.45) is 0. The molecule has 0 N–H and O–H groups in total.